The van der Waals surface area contributed by atoms with Crippen LogP contribution in [0.3, 0.4) is 0 Å². The average molecular weight is 1240 g/mol. The van der Waals surface area contributed by atoms with E-state index in [2.05, 4.69) is 40.7 Å². The van der Waals surface area contributed by atoms with Crippen LogP contribution in [0.15, 0.2) is 11.6 Å². The van der Waals surface area contributed by atoms with Crippen LogP contribution in [-0.4, -0.2) is 285 Å². The van der Waals surface area contributed by atoms with E-state index < -0.39 is 202 Å². The zero-order chi connectivity index (χ0) is 63.1. The van der Waals surface area contributed by atoms with Gasteiger partial charge in [0.05, 0.1) is 50.8 Å². The van der Waals surface area contributed by atoms with Gasteiger partial charge in [-0.05, 0) is 124 Å². The van der Waals surface area contributed by atoms with E-state index in [1.807, 2.05) is 20.8 Å². The van der Waals surface area contributed by atoms with Gasteiger partial charge in [0.15, 0.2) is 31.5 Å². The minimum absolute atomic E-state index is 0.00770. The fourth-order valence-electron chi connectivity index (χ4n) is 17.4. The molecule has 9 aliphatic rings. The van der Waals surface area contributed by atoms with Crippen molar-refractivity contribution in [3.63, 3.8) is 0 Å². The molecule has 0 aromatic heterocycles. The molecule has 0 radical (unpaired) electrons. The molecule has 0 aromatic rings. The summed E-state index contributed by atoms with van der Waals surface area (Å²) in [6.07, 6.45) is -32.7. The molecule has 5 saturated heterocycles. The Morgan fingerprint density at radius 2 is 1.02 bits per heavy atom. The Labute approximate surface area is 501 Å². The lowest BCUT2D eigenvalue weighted by molar-refractivity contribution is -0.378. The number of allylic oxidation sites excluding steroid dienone is 2. The standard InChI is InChI=1S/C59H100O27/c1-24(2)10-9-14-59(8,86-53-48(76)43(71)40(68)31(83-53)23-79-51-46(74)42(70)39(67)30(82-51)22-78-50-45(73)36(64)27(63)21-77-50)25-11-16-58(7)35(25)26(62)18-33-56(5)15-13-34(55(3,4)32(56)12-17-57(33,58)6)84-54-49(44(72)38(66)29(20-61)81-54)85-52-47(75)41(69)37(65)28(19-60)80-52/h10,25-54,60-76H,9,11-23H2,1-8H3/t25-,26+,27+,28-,29+,30+,31+,32+,33+,34-,35-,36-,37-,38+,39+,40+,41+,42-,43-,44-,45+,46+,47-,48+,49+,50-,51+,52+,53-,54-,56-,57+,58+,59-/m0/s1. The van der Waals surface area contributed by atoms with Gasteiger partial charge in [0.25, 0.3) is 0 Å². The van der Waals surface area contributed by atoms with Crippen molar-refractivity contribution in [3.05, 3.63) is 11.6 Å². The van der Waals surface area contributed by atoms with E-state index in [9.17, 15) is 86.8 Å². The summed E-state index contributed by atoms with van der Waals surface area (Å²) in [7, 11) is 0. The number of ether oxygens (including phenoxy) is 10. The van der Waals surface area contributed by atoms with E-state index in [0.29, 0.717) is 38.5 Å². The summed E-state index contributed by atoms with van der Waals surface area (Å²) in [5.74, 6) is -0.613. The number of hydrogen-bond acceptors (Lipinski definition) is 27. The van der Waals surface area contributed by atoms with E-state index in [1.165, 1.54) is 0 Å². The molecule has 5 aliphatic heterocycles. The molecular formula is C59H100O27. The highest BCUT2D eigenvalue weighted by molar-refractivity contribution is 5.21. The molecule has 0 amide bonds. The number of aliphatic hydroxyl groups excluding tert-OH is 17. The number of rotatable bonds is 18. The van der Waals surface area contributed by atoms with E-state index in [4.69, 9.17) is 47.4 Å². The van der Waals surface area contributed by atoms with Crippen molar-refractivity contribution in [3.8, 4) is 0 Å². The highest BCUT2D eigenvalue weighted by atomic mass is 16.8. The normalized spacial score (nSPS) is 52.9. The van der Waals surface area contributed by atoms with Gasteiger partial charge >= 0.3 is 0 Å². The maximum atomic E-state index is 12.9. The predicted molar refractivity (Wildman–Crippen MR) is 293 cm³/mol. The molecule has 9 rings (SSSR count). The first kappa shape index (κ1) is 69.0. The van der Waals surface area contributed by atoms with E-state index in [0.717, 1.165) is 24.8 Å². The minimum Gasteiger partial charge on any atom is -0.394 e. The van der Waals surface area contributed by atoms with Gasteiger partial charge in [0.2, 0.25) is 0 Å². The summed E-state index contributed by atoms with van der Waals surface area (Å²) in [5, 5.41) is 185. The SMILES string of the molecule is CC(C)=CCC[C@](C)(O[C@@H]1O[C@H](CO[C@@H]2O[C@H](CO[C@@H]3OC[C@@H](O)[C@H](O)[C@H]3O)[C@@H](O)[C@H](O)[C@H]2O)[C@@H](O)[C@H](O)[C@H]1O)[C@H]1CC[C@]2(C)[C@@H]1[C@H](O)C[C@@H]1[C@@]3(C)CC[C@H](O[C@@H]4O[C@H](CO)[C@@H](O)[C@H](O)[C@H]4O[C@H]4O[C@@H](CO)[C@H](O)[C@@H](O)[C@@H]4O)C(C)(C)[C@H]3CC[C@]12C. The van der Waals surface area contributed by atoms with Crippen LogP contribution >= 0.6 is 0 Å². The summed E-state index contributed by atoms with van der Waals surface area (Å²) in [6.45, 7) is 14.1. The molecule has 27 heteroatoms. The lowest BCUT2D eigenvalue weighted by Gasteiger charge is -2.71. The van der Waals surface area contributed by atoms with Crippen molar-refractivity contribution in [2.24, 2.45) is 45.3 Å². The number of aliphatic hydroxyl groups is 17. The van der Waals surface area contributed by atoms with Gasteiger partial charge < -0.3 is 134 Å². The quantitative estimate of drug-likeness (QED) is 0.0463. The minimum atomic E-state index is -1.84. The topological polar surface area (TPSA) is 436 Å². The van der Waals surface area contributed by atoms with Gasteiger partial charge in [0.1, 0.15) is 116 Å². The van der Waals surface area contributed by atoms with Gasteiger partial charge in [-0.25, -0.2) is 0 Å². The van der Waals surface area contributed by atoms with Crippen molar-refractivity contribution < 1.29 is 134 Å². The lowest BCUT2D eigenvalue weighted by Crippen LogP contribution is -2.68. The molecule has 4 saturated carbocycles. The Bertz CT molecular complexity index is 2260. The monoisotopic (exact) mass is 1240 g/mol. The second-order valence-corrected chi connectivity index (χ2v) is 28.1. The largest absolute Gasteiger partial charge is 0.394 e. The first-order chi connectivity index (χ1) is 40.3. The average Bonchev–Trinajstić information content (AvgIpc) is 1.22. The van der Waals surface area contributed by atoms with Gasteiger partial charge in [-0.2, -0.15) is 0 Å². The third-order valence-corrected chi connectivity index (χ3v) is 22.6. The molecular weight excluding hydrogens is 1140 g/mol. The number of hydrogen-bond donors (Lipinski definition) is 17. The Morgan fingerprint density at radius 1 is 0.512 bits per heavy atom. The predicted octanol–water partition coefficient (Wildman–Crippen LogP) is -3.74. The van der Waals surface area contributed by atoms with Crippen molar-refractivity contribution in [1.82, 2.24) is 0 Å². The first-order valence-corrected chi connectivity index (χ1v) is 30.8. The van der Waals surface area contributed by atoms with Crippen LogP contribution in [0.1, 0.15) is 113 Å². The lowest BCUT2D eigenvalue weighted by atomic mass is 9.35. The maximum absolute atomic E-state index is 12.9. The molecule has 498 valence electrons. The van der Waals surface area contributed by atoms with Gasteiger partial charge in [0, 0.05) is 0 Å². The Kier molecular flexibility index (Phi) is 21.3. The van der Waals surface area contributed by atoms with Crippen LogP contribution in [-0.2, 0) is 47.4 Å². The van der Waals surface area contributed by atoms with Gasteiger partial charge in [-0.1, -0.05) is 46.3 Å². The van der Waals surface area contributed by atoms with Crippen molar-refractivity contribution >= 4 is 0 Å². The fraction of sp³-hybridized carbons (Fsp3) is 0.966. The van der Waals surface area contributed by atoms with E-state index in [-0.39, 0.29) is 41.1 Å². The third-order valence-electron chi connectivity index (χ3n) is 22.6. The smallest absolute Gasteiger partial charge is 0.187 e. The molecule has 86 heavy (non-hydrogen) atoms. The van der Waals surface area contributed by atoms with Crippen LogP contribution in [0.5, 0.6) is 0 Å². The molecule has 4 aliphatic carbocycles. The molecule has 34 atom stereocenters. The molecule has 0 bridgehead atoms. The van der Waals surface area contributed by atoms with Crippen LogP contribution in [0, 0.1) is 45.3 Å². The molecule has 9 fully saturated rings. The van der Waals surface area contributed by atoms with Gasteiger partial charge in [-0.3, -0.25) is 0 Å². The summed E-state index contributed by atoms with van der Waals surface area (Å²) >= 11 is 0. The van der Waals surface area contributed by atoms with Crippen molar-refractivity contribution in [2.45, 2.75) is 278 Å². The van der Waals surface area contributed by atoms with Crippen molar-refractivity contribution in [2.75, 3.05) is 33.0 Å². The summed E-state index contributed by atoms with van der Waals surface area (Å²) in [5.41, 5.74) is -1.79. The summed E-state index contributed by atoms with van der Waals surface area (Å²) in [6, 6.07) is 0. The molecule has 5 heterocycles. The van der Waals surface area contributed by atoms with Crippen LogP contribution < -0.4 is 0 Å². The van der Waals surface area contributed by atoms with Crippen LogP contribution in [0.4, 0.5) is 0 Å². The molecule has 27 nitrogen and oxygen atoms in total. The zero-order valence-corrected chi connectivity index (χ0v) is 50.5. The fourth-order valence-corrected chi connectivity index (χ4v) is 17.4. The van der Waals surface area contributed by atoms with E-state index in [1.54, 1.807) is 0 Å². The zero-order valence-electron chi connectivity index (χ0n) is 50.5. The summed E-state index contributed by atoms with van der Waals surface area (Å²) < 4.78 is 60.3. The van der Waals surface area contributed by atoms with E-state index >= 15 is 0 Å². The highest BCUT2D eigenvalue weighted by Crippen LogP contribution is 2.76. The first-order valence-electron chi connectivity index (χ1n) is 30.8. The van der Waals surface area contributed by atoms with Crippen LogP contribution in [0.2, 0.25) is 0 Å². The van der Waals surface area contributed by atoms with Gasteiger partial charge in [-0.15, -0.1) is 0 Å². The Morgan fingerprint density at radius 3 is 1.63 bits per heavy atom. The summed E-state index contributed by atoms with van der Waals surface area (Å²) in [4.78, 5) is 0. The molecule has 17 N–H and O–H groups in total. The molecule has 0 spiro atoms. The van der Waals surface area contributed by atoms with Crippen LogP contribution in [0.25, 0.3) is 0 Å². The number of fused-ring (bicyclic) bond motifs is 5. The highest BCUT2D eigenvalue weighted by Gasteiger charge is 2.72. The Hall–Kier alpha value is -1.34. The van der Waals surface area contributed by atoms with Crippen molar-refractivity contribution in [1.29, 1.82) is 0 Å². The maximum Gasteiger partial charge on any atom is 0.187 e. The molecule has 0 aromatic carbocycles. The molecule has 0 unspecified atom stereocenters. The third kappa shape index (κ3) is 12.4. The Balaban J connectivity index is 0.902. The second-order valence-electron chi connectivity index (χ2n) is 28.1. The second kappa shape index (κ2) is 26.6.